The van der Waals surface area contributed by atoms with E-state index in [1.54, 1.807) is 88.4 Å². The second kappa shape index (κ2) is 16.6. The van der Waals surface area contributed by atoms with E-state index in [0.717, 1.165) is 5.56 Å². The maximum atomic E-state index is 15.8. The van der Waals surface area contributed by atoms with Crippen LogP contribution in [0.2, 0.25) is 0 Å². The van der Waals surface area contributed by atoms with Crippen molar-refractivity contribution in [1.29, 1.82) is 0 Å². The first-order chi connectivity index (χ1) is 29.9. The van der Waals surface area contributed by atoms with Crippen LogP contribution < -0.4 is 5.32 Å². The normalized spacial score (nSPS) is 34.8. The lowest BCUT2D eigenvalue weighted by atomic mass is 9.43. The molecule has 4 bridgehead atoms. The zero-order valence-corrected chi connectivity index (χ0v) is 36.4. The van der Waals surface area contributed by atoms with Gasteiger partial charge in [-0.15, -0.1) is 0 Å². The van der Waals surface area contributed by atoms with Crippen molar-refractivity contribution in [2.45, 2.75) is 115 Å². The Morgan fingerprint density at radius 1 is 0.937 bits per heavy atom. The fourth-order valence-electron chi connectivity index (χ4n) is 11.1. The summed E-state index contributed by atoms with van der Waals surface area (Å²) in [6, 6.07) is 23.2. The van der Waals surface area contributed by atoms with E-state index in [9.17, 15) is 29.4 Å². The van der Waals surface area contributed by atoms with Gasteiger partial charge >= 0.3 is 17.9 Å². The zero-order chi connectivity index (χ0) is 45.1. The SMILES string of the molecule is CC(=O)OC1C(=O)C2(C)C(C)CC3OCC34OC(=O)C=CCc3ccccc3C(NC(=O)c3ccccc3)C(O)C(=O)OC3CC(O)(C(OCc5ccccc5)C42)C(C)(C)C1=C3C. The number of hydrogen-bond donors (Lipinski definition) is 3. The van der Waals surface area contributed by atoms with Gasteiger partial charge in [-0.05, 0) is 65.7 Å². The molecule has 1 amide bonds. The number of ether oxygens (including phenoxy) is 5. The van der Waals surface area contributed by atoms with Gasteiger partial charge < -0.3 is 39.2 Å². The fourth-order valence-corrected chi connectivity index (χ4v) is 11.1. The van der Waals surface area contributed by atoms with Crippen LogP contribution in [-0.2, 0) is 55.9 Å². The number of rotatable bonds is 6. The van der Waals surface area contributed by atoms with Crippen LogP contribution >= 0.6 is 0 Å². The molecule has 2 heterocycles. The third-order valence-corrected chi connectivity index (χ3v) is 14.8. The van der Waals surface area contributed by atoms with Gasteiger partial charge in [-0.2, -0.15) is 0 Å². The molecule has 63 heavy (non-hydrogen) atoms. The van der Waals surface area contributed by atoms with E-state index in [0.29, 0.717) is 23.1 Å². The molecule has 5 aliphatic rings. The van der Waals surface area contributed by atoms with Crippen LogP contribution in [0.1, 0.15) is 87.5 Å². The Morgan fingerprint density at radius 3 is 2.27 bits per heavy atom. The van der Waals surface area contributed by atoms with Crippen molar-refractivity contribution in [3.63, 3.8) is 0 Å². The average molecular weight is 862 g/mol. The molecule has 3 aromatic carbocycles. The van der Waals surface area contributed by atoms with Crippen LogP contribution in [0.4, 0.5) is 0 Å². The summed E-state index contributed by atoms with van der Waals surface area (Å²) in [5.41, 5.74) is -3.87. The van der Waals surface area contributed by atoms with E-state index in [1.807, 2.05) is 37.3 Å². The molecule has 3 N–H and O–H groups in total. The lowest BCUT2D eigenvalue weighted by Crippen LogP contribution is -2.80. The number of fused-ring (bicyclic) bond motifs is 3. The molecule has 13 nitrogen and oxygen atoms in total. The molecule has 8 rings (SSSR count). The number of nitrogens with one attached hydrogen (secondary N) is 1. The van der Waals surface area contributed by atoms with Crippen LogP contribution in [0.5, 0.6) is 0 Å². The van der Waals surface area contributed by atoms with Crippen molar-refractivity contribution < 1.29 is 57.9 Å². The molecule has 0 radical (unpaired) electrons. The highest BCUT2D eigenvalue weighted by Crippen LogP contribution is 2.65. The van der Waals surface area contributed by atoms with Gasteiger partial charge in [0, 0.05) is 41.7 Å². The molecular formula is C50H55NO12. The minimum atomic E-state index is -2.05. The van der Waals surface area contributed by atoms with Crippen LogP contribution in [0.15, 0.2) is 108 Å². The first kappa shape index (κ1) is 44.1. The number of ketones is 1. The van der Waals surface area contributed by atoms with Crippen LogP contribution in [0.3, 0.4) is 0 Å². The fraction of sp³-hybridized carbons (Fsp3) is 0.460. The van der Waals surface area contributed by atoms with Gasteiger partial charge in [0.2, 0.25) is 0 Å². The van der Waals surface area contributed by atoms with Crippen molar-refractivity contribution >= 4 is 29.6 Å². The Hall–Kier alpha value is -5.47. The molecule has 11 atom stereocenters. The minimum absolute atomic E-state index is 0.0237. The second-order valence-electron chi connectivity index (χ2n) is 18.5. The van der Waals surface area contributed by atoms with Gasteiger partial charge in [0.15, 0.2) is 23.6 Å². The molecule has 2 aliphatic heterocycles. The smallest absolute Gasteiger partial charge is 0.338 e. The number of amides is 1. The van der Waals surface area contributed by atoms with E-state index >= 15 is 4.79 Å². The molecule has 1 spiro atoms. The summed E-state index contributed by atoms with van der Waals surface area (Å²) in [6.07, 6.45) is -3.89. The summed E-state index contributed by atoms with van der Waals surface area (Å²) >= 11 is 0. The highest BCUT2D eigenvalue weighted by Gasteiger charge is 2.77. The number of aliphatic hydroxyl groups excluding tert-OH is 1. The lowest BCUT2D eigenvalue weighted by molar-refractivity contribution is -0.345. The third-order valence-electron chi connectivity index (χ3n) is 14.8. The summed E-state index contributed by atoms with van der Waals surface area (Å²) in [5.74, 6) is -5.24. The van der Waals surface area contributed by atoms with E-state index in [-0.39, 0.29) is 37.2 Å². The second-order valence-corrected chi connectivity index (χ2v) is 18.5. The predicted octanol–water partition coefficient (Wildman–Crippen LogP) is 5.46. The van der Waals surface area contributed by atoms with Gasteiger partial charge in [-0.1, -0.05) is 107 Å². The Balaban J connectivity index is 1.36. The molecular weight excluding hydrogens is 807 g/mol. The quantitative estimate of drug-likeness (QED) is 0.162. The van der Waals surface area contributed by atoms with Crippen LogP contribution in [-0.4, -0.2) is 88.1 Å². The van der Waals surface area contributed by atoms with Crippen LogP contribution in [0.25, 0.3) is 0 Å². The monoisotopic (exact) mass is 861 g/mol. The maximum absolute atomic E-state index is 15.8. The molecule has 2 saturated carbocycles. The number of aliphatic hydroxyl groups is 2. The number of benzene rings is 3. The van der Waals surface area contributed by atoms with E-state index < -0.39 is 100 Å². The van der Waals surface area contributed by atoms with E-state index in [2.05, 4.69) is 5.32 Å². The first-order valence-electron chi connectivity index (χ1n) is 21.6. The summed E-state index contributed by atoms with van der Waals surface area (Å²) < 4.78 is 32.1. The van der Waals surface area contributed by atoms with Crippen molar-refractivity contribution in [1.82, 2.24) is 5.32 Å². The lowest BCUT2D eigenvalue weighted by Gasteiger charge is -2.68. The summed E-state index contributed by atoms with van der Waals surface area (Å²) in [6.45, 7) is 9.86. The number of allylic oxidation sites excluding steroid dienone is 1. The molecule has 3 aliphatic carbocycles. The Labute approximate surface area is 366 Å². The summed E-state index contributed by atoms with van der Waals surface area (Å²) in [4.78, 5) is 71.5. The molecule has 3 aromatic rings. The van der Waals surface area contributed by atoms with Gasteiger partial charge in [0.1, 0.15) is 17.8 Å². The molecule has 1 saturated heterocycles. The highest BCUT2D eigenvalue weighted by atomic mass is 16.6. The minimum Gasteiger partial charge on any atom is -0.456 e. The number of carbonyl (C=O) groups is 5. The van der Waals surface area contributed by atoms with Crippen molar-refractivity contribution in [3.05, 3.63) is 130 Å². The zero-order valence-electron chi connectivity index (χ0n) is 36.4. The third kappa shape index (κ3) is 7.32. The van der Waals surface area contributed by atoms with Gasteiger partial charge in [0.25, 0.3) is 5.91 Å². The van der Waals surface area contributed by atoms with Gasteiger partial charge in [-0.3, -0.25) is 14.4 Å². The Kier molecular flexibility index (Phi) is 11.6. The Bertz CT molecular complexity index is 2360. The molecule has 0 aromatic heterocycles. The molecule has 3 fully saturated rings. The summed E-state index contributed by atoms with van der Waals surface area (Å²) in [7, 11) is 0. The number of Topliss-reactive ketones (excluding diaryl/α,β-unsaturated/α-hetero) is 1. The number of hydrogen-bond acceptors (Lipinski definition) is 12. The summed E-state index contributed by atoms with van der Waals surface area (Å²) in [5, 5.41) is 28.8. The van der Waals surface area contributed by atoms with Gasteiger partial charge in [0.05, 0.1) is 25.4 Å². The molecule has 11 unspecified atom stereocenters. The molecule has 13 heteroatoms. The maximum Gasteiger partial charge on any atom is 0.338 e. The highest BCUT2D eigenvalue weighted by molar-refractivity contribution is 5.96. The largest absolute Gasteiger partial charge is 0.456 e. The average Bonchev–Trinajstić information content (AvgIpc) is 3.25. The Morgan fingerprint density at radius 2 is 1.60 bits per heavy atom. The van der Waals surface area contributed by atoms with Gasteiger partial charge in [-0.25, -0.2) is 9.59 Å². The predicted molar refractivity (Wildman–Crippen MR) is 227 cm³/mol. The molecule has 332 valence electrons. The standard InChI is InChI=1S/C50H55NO12/c1-28-24-36-49(27-60-36)42-44(59-26-31-16-9-7-10-17-31)50(58)25-35(29(2)38(47(50,4)5)41(61-30(3)52)43(55)48(28,42)6)62-46(57)40(54)39(51-45(56)33-19-11-8-12-20-33)34-22-14-13-18-32(34)21-15-23-37(53)63-49/h7-20,22-23,28,35-36,39-42,44,54,58H,21,24-27H2,1-6H3,(H,51,56). The van der Waals surface area contributed by atoms with E-state index in [4.69, 9.17) is 23.7 Å². The topological polar surface area (TPSA) is 184 Å². The number of esters is 3. The van der Waals surface area contributed by atoms with E-state index in [1.165, 1.54) is 13.0 Å². The van der Waals surface area contributed by atoms with Crippen molar-refractivity contribution in [2.75, 3.05) is 6.61 Å². The van der Waals surface area contributed by atoms with Crippen molar-refractivity contribution in [2.24, 2.45) is 22.7 Å². The first-order valence-corrected chi connectivity index (χ1v) is 21.6. The van der Waals surface area contributed by atoms with Crippen molar-refractivity contribution in [3.8, 4) is 0 Å². The number of carbonyl (C=O) groups excluding carboxylic acids is 5. The van der Waals surface area contributed by atoms with Crippen LogP contribution in [0, 0.1) is 22.7 Å².